The second-order valence-corrected chi connectivity index (χ2v) is 6.35. The Bertz CT molecular complexity index is 564. The summed E-state index contributed by atoms with van der Waals surface area (Å²) in [6.07, 6.45) is 6.12. The van der Waals surface area contributed by atoms with Gasteiger partial charge in [0.1, 0.15) is 0 Å². The van der Waals surface area contributed by atoms with Crippen molar-refractivity contribution in [1.82, 2.24) is 5.32 Å². The molecule has 0 atom stereocenters. The van der Waals surface area contributed by atoms with Gasteiger partial charge in [-0.05, 0) is 36.0 Å². The Morgan fingerprint density at radius 2 is 2.05 bits per heavy atom. The summed E-state index contributed by atoms with van der Waals surface area (Å²) in [5.74, 6) is -0.991. The highest BCUT2D eigenvalue weighted by atomic mass is 79.9. The molecule has 1 aliphatic rings. The highest BCUT2D eigenvalue weighted by Crippen LogP contribution is 2.43. The normalized spacial score (nSPS) is 16.4. The zero-order valence-electron chi connectivity index (χ0n) is 11.6. The van der Waals surface area contributed by atoms with Gasteiger partial charge in [-0.25, -0.2) is 0 Å². The van der Waals surface area contributed by atoms with Gasteiger partial charge in [-0.15, -0.1) is 0 Å². The molecule has 1 fully saturated rings. The first-order chi connectivity index (χ1) is 10.0. The zero-order chi connectivity index (χ0) is 15.3. The van der Waals surface area contributed by atoms with Crippen molar-refractivity contribution < 1.29 is 14.7 Å². The number of hydrogen-bond donors (Lipinski definition) is 2. The lowest BCUT2D eigenvalue weighted by Crippen LogP contribution is -2.43. The van der Waals surface area contributed by atoms with E-state index in [1.807, 2.05) is 24.3 Å². The van der Waals surface area contributed by atoms with Crippen molar-refractivity contribution in [2.45, 2.75) is 25.7 Å². The molecule has 112 valence electrons. The smallest absolute Gasteiger partial charge is 0.303 e. The lowest BCUT2D eigenvalue weighted by Gasteiger charge is -2.40. The lowest BCUT2D eigenvalue weighted by molar-refractivity contribution is -0.141. The third-order valence-electron chi connectivity index (χ3n) is 3.90. The van der Waals surface area contributed by atoms with E-state index < -0.39 is 5.97 Å². The summed E-state index contributed by atoms with van der Waals surface area (Å²) in [6.45, 7) is 0.429. The monoisotopic (exact) mass is 351 g/mol. The van der Waals surface area contributed by atoms with Crippen molar-refractivity contribution in [3.8, 4) is 0 Å². The quantitative estimate of drug-likeness (QED) is 0.773. The minimum Gasteiger partial charge on any atom is -0.481 e. The van der Waals surface area contributed by atoms with Gasteiger partial charge in [0.15, 0.2) is 0 Å². The predicted molar refractivity (Wildman–Crippen MR) is 84.7 cm³/mol. The number of hydrogen-bond acceptors (Lipinski definition) is 2. The molecule has 2 rings (SSSR count). The summed E-state index contributed by atoms with van der Waals surface area (Å²) < 4.78 is 0.926. The third kappa shape index (κ3) is 4.43. The van der Waals surface area contributed by atoms with E-state index in [-0.39, 0.29) is 17.7 Å². The molecular weight excluding hydrogens is 334 g/mol. The summed E-state index contributed by atoms with van der Waals surface area (Å²) in [4.78, 5) is 22.7. The van der Waals surface area contributed by atoms with Crippen molar-refractivity contribution in [2.24, 2.45) is 5.41 Å². The van der Waals surface area contributed by atoms with E-state index in [2.05, 4.69) is 21.2 Å². The van der Waals surface area contributed by atoms with Gasteiger partial charge in [0.2, 0.25) is 5.91 Å². The van der Waals surface area contributed by atoms with Gasteiger partial charge in [-0.3, -0.25) is 9.59 Å². The Kier molecular flexibility index (Phi) is 5.17. The van der Waals surface area contributed by atoms with Crippen LogP contribution in [-0.4, -0.2) is 23.5 Å². The van der Waals surface area contributed by atoms with Gasteiger partial charge < -0.3 is 10.4 Å². The Labute approximate surface area is 132 Å². The number of benzene rings is 1. The maximum absolute atomic E-state index is 11.8. The van der Waals surface area contributed by atoms with E-state index >= 15 is 0 Å². The standard InChI is InChI=1S/C16H18BrNO3/c17-13-5-2-1-4-12(13)6-7-14(19)18-11-16(8-3-9-16)10-15(20)21/h1-2,4-7H,3,8-11H2,(H,18,19)(H,20,21)/b7-6+. The maximum atomic E-state index is 11.8. The molecule has 5 heteroatoms. The number of amides is 1. The molecule has 0 saturated heterocycles. The highest BCUT2D eigenvalue weighted by molar-refractivity contribution is 9.10. The van der Waals surface area contributed by atoms with E-state index in [0.29, 0.717) is 6.54 Å². The first-order valence-electron chi connectivity index (χ1n) is 6.93. The van der Waals surface area contributed by atoms with Crippen molar-refractivity contribution in [1.29, 1.82) is 0 Å². The number of carbonyl (C=O) groups excluding carboxylic acids is 1. The minimum absolute atomic E-state index is 0.126. The summed E-state index contributed by atoms with van der Waals surface area (Å²) in [6, 6.07) is 7.63. The topological polar surface area (TPSA) is 66.4 Å². The first kappa shape index (κ1) is 15.8. The number of aliphatic carboxylic acids is 1. The molecule has 2 N–H and O–H groups in total. The van der Waals surface area contributed by atoms with Crippen LogP contribution in [0.5, 0.6) is 0 Å². The molecule has 1 saturated carbocycles. The molecule has 1 aliphatic carbocycles. The molecule has 1 aromatic carbocycles. The van der Waals surface area contributed by atoms with Crippen LogP contribution in [0.25, 0.3) is 6.08 Å². The molecule has 1 aromatic rings. The van der Waals surface area contributed by atoms with Gasteiger partial charge in [0.05, 0.1) is 6.42 Å². The van der Waals surface area contributed by atoms with Gasteiger partial charge in [0, 0.05) is 17.1 Å². The summed E-state index contributed by atoms with van der Waals surface area (Å²) in [5.41, 5.74) is 0.680. The maximum Gasteiger partial charge on any atom is 0.303 e. The largest absolute Gasteiger partial charge is 0.481 e. The number of rotatable bonds is 6. The second-order valence-electron chi connectivity index (χ2n) is 5.50. The molecule has 1 amide bonds. The van der Waals surface area contributed by atoms with Crippen molar-refractivity contribution in [2.75, 3.05) is 6.54 Å². The molecule has 0 unspecified atom stereocenters. The number of halogens is 1. The molecule has 0 aromatic heterocycles. The van der Waals surface area contributed by atoms with Crippen LogP contribution >= 0.6 is 15.9 Å². The van der Waals surface area contributed by atoms with Crippen LogP contribution in [0.15, 0.2) is 34.8 Å². The van der Waals surface area contributed by atoms with Crippen LogP contribution in [0.1, 0.15) is 31.2 Å². The van der Waals surface area contributed by atoms with Crippen LogP contribution in [0, 0.1) is 5.41 Å². The van der Waals surface area contributed by atoms with Gasteiger partial charge in [-0.1, -0.05) is 40.5 Å². The second kappa shape index (κ2) is 6.89. The Morgan fingerprint density at radius 1 is 1.33 bits per heavy atom. The fourth-order valence-corrected chi connectivity index (χ4v) is 2.94. The van der Waals surface area contributed by atoms with E-state index in [1.54, 1.807) is 6.08 Å². The molecule has 0 spiro atoms. The number of carboxylic acid groups (broad SMARTS) is 1. The molecular formula is C16H18BrNO3. The molecule has 4 nitrogen and oxygen atoms in total. The van der Waals surface area contributed by atoms with Gasteiger partial charge >= 0.3 is 5.97 Å². The SMILES string of the molecule is O=C(O)CC1(CNC(=O)/C=C/c2ccccc2Br)CCC1. The minimum atomic E-state index is -0.798. The molecule has 21 heavy (non-hydrogen) atoms. The molecule has 0 aliphatic heterocycles. The van der Waals surface area contributed by atoms with Gasteiger partial charge in [0.25, 0.3) is 0 Å². The summed E-state index contributed by atoms with van der Waals surface area (Å²) >= 11 is 3.42. The van der Waals surface area contributed by atoms with E-state index in [9.17, 15) is 9.59 Å². The number of nitrogens with one attached hydrogen (secondary N) is 1. The van der Waals surface area contributed by atoms with E-state index in [0.717, 1.165) is 29.3 Å². The highest BCUT2D eigenvalue weighted by Gasteiger charge is 2.38. The lowest BCUT2D eigenvalue weighted by atomic mass is 9.66. The first-order valence-corrected chi connectivity index (χ1v) is 7.72. The molecule has 0 bridgehead atoms. The van der Waals surface area contributed by atoms with Crippen LogP contribution in [-0.2, 0) is 9.59 Å². The van der Waals surface area contributed by atoms with Crippen molar-refractivity contribution >= 4 is 33.9 Å². The van der Waals surface area contributed by atoms with E-state index in [1.165, 1.54) is 6.08 Å². The average Bonchev–Trinajstić information content (AvgIpc) is 2.40. The fraction of sp³-hybridized carbons (Fsp3) is 0.375. The van der Waals surface area contributed by atoms with Crippen molar-refractivity contribution in [3.63, 3.8) is 0 Å². The zero-order valence-corrected chi connectivity index (χ0v) is 13.2. The fourth-order valence-electron chi connectivity index (χ4n) is 2.52. The Balaban J connectivity index is 1.87. The predicted octanol–water partition coefficient (Wildman–Crippen LogP) is 3.22. The van der Waals surface area contributed by atoms with Crippen LogP contribution < -0.4 is 5.32 Å². The number of carbonyl (C=O) groups is 2. The van der Waals surface area contributed by atoms with Crippen LogP contribution in [0.2, 0.25) is 0 Å². The average molecular weight is 352 g/mol. The molecule has 0 radical (unpaired) electrons. The van der Waals surface area contributed by atoms with E-state index in [4.69, 9.17) is 5.11 Å². The Hall–Kier alpha value is -1.62. The third-order valence-corrected chi connectivity index (χ3v) is 4.62. The van der Waals surface area contributed by atoms with Crippen molar-refractivity contribution in [3.05, 3.63) is 40.4 Å². The van der Waals surface area contributed by atoms with Crippen LogP contribution in [0.4, 0.5) is 0 Å². The van der Waals surface area contributed by atoms with Crippen LogP contribution in [0.3, 0.4) is 0 Å². The Morgan fingerprint density at radius 3 is 2.62 bits per heavy atom. The summed E-state index contributed by atoms with van der Waals surface area (Å²) in [5, 5.41) is 11.7. The molecule has 0 heterocycles. The number of carboxylic acids is 1. The summed E-state index contributed by atoms with van der Waals surface area (Å²) in [7, 11) is 0. The van der Waals surface area contributed by atoms with Gasteiger partial charge in [-0.2, -0.15) is 0 Å².